The van der Waals surface area contributed by atoms with Gasteiger partial charge in [-0.2, -0.15) is 5.10 Å². The van der Waals surface area contributed by atoms with Gasteiger partial charge >= 0.3 is 5.97 Å². The van der Waals surface area contributed by atoms with Crippen LogP contribution in [-0.4, -0.2) is 26.8 Å². The van der Waals surface area contributed by atoms with Crippen LogP contribution in [0.25, 0.3) is 0 Å². The van der Waals surface area contributed by atoms with Crippen molar-refractivity contribution in [1.29, 1.82) is 0 Å². The van der Waals surface area contributed by atoms with E-state index in [9.17, 15) is 9.59 Å². The normalized spacial score (nSPS) is 12.0. The monoisotopic (exact) mass is 287 g/mol. The van der Waals surface area contributed by atoms with Gasteiger partial charge in [-0.05, 0) is 38.1 Å². The van der Waals surface area contributed by atoms with Crippen LogP contribution in [0.2, 0.25) is 0 Å². The number of hydrogen-bond acceptors (Lipinski definition) is 3. The number of aromatic nitrogens is 2. The van der Waals surface area contributed by atoms with Crippen molar-refractivity contribution in [3.05, 3.63) is 52.8 Å². The number of aromatic carboxylic acids is 1. The lowest BCUT2D eigenvalue weighted by Gasteiger charge is -2.13. The summed E-state index contributed by atoms with van der Waals surface area (Å²) in [4.78, 5) is 22.9. The van der Waals surface area contributed by atoms with Crippen molar-refractivity contribution in [3.8, 4) is 0 Å². The van der Waals surface area contributed by atoms with Crippen molar-refractivity contribution < 1.29 is 14.7 Å². The SMILES string of the molecule is Cc1nn(C)cc1C(C)NC(=O)c1ccc(C(=O)O)cc1. The summed E-state index contributed by atoms with van der Waals surface area (Å²) in [7, 11) is 1.83. The Morgan fingerprint density at radius 1 is 1.24 bits per heavy atom. The highest BCUT2D eigenvalue weighted by Crippen LogP contribution is 2.16. The van der Waals surface area contributed by atoms with E-state index < -0.39 is 5.97 Å². The zero-order valence-corrected chi connectivity index (χ0v) is 12.1. The number of nitrogens with zero attached hydrogens (tertiary/aromatic N) is 2. The molecule has 0 bridgehead atoms. The third kappa shape index (κ3) is 3.28. The maximum Gasteiger partial charge on any atom is 0.335 e. The van der Waals surface area contributed by atoms with Gasteiger partial charge in [-0.1, -0.05) is 0 Å². The molecule has 2 rings (SSSR count). The summed E-state index contributed by atoms with van der Waals surface area (Å²) in [5.41, 5.74) is 2.40. The Bertz CT molecular complexity index is 674. The lowest BCUT2D eigenvalue weighted by atomic mass is 10.1. The number of rotatable bonds is 4. The van der Waals surface area contributed by atoms with Gasteiger partial charge in [0.15, 0.2) is 0 Å². The molecule has 0 spiro atoms. The van der Waals surface area contributed by atoms with E-state index in [0.717, 1.165) is 11.3 Å². The molecule has 0 fully saturated rings. The summed E-state index contributed by atoms with van der Waals surface area (Å²) >= 11 is 0. The Balaban J connectivity index is 2.10. The number of amides is 1. The van der Waals surface area contributed by atoms with E-state index >= 15 is 0 Å². The average molecular weight is 287 g/mol. The molecule has 0 saturated carbocycles. The molecule has 0 aliphatic rings. The maximum absolute atomic E-state index is 12.1. The number of benzene rings is 1. The number of aryl methyl sites for hydroxylation is 2. The first-order valence-corrected chi connectivity index (χ1v) is 6.53. The number of carboxylic acid groups (broad SMARTS) is 1. The lowest BCUT2D eigenvalue weighted by Crippen LogP contribution is -2.26. The first-order valence-electron chi connectivity index (χ1n) is 6.53. The van der Waals surface area contributed by atoms with Gasteiger partial charge in [0.1, 0.15) is 0 Å². The summed E-state index contributed by atoms with van der Waals surface area (Å²) in [5.74, 6) is -1.26. The third-order valence-electron chi connectivity index (χ3n) is 3.26. The topological polar surface area (TPSA) is 84.2 Å². The maximum atomic E-state index is 12.1. The highest BCUT2D eigenvalue weighted by atomic mass is 16.4. The van der Waals surface area contributed by atoms with E-state index in [-0.39, 0.29) is 17.5 Å². The Morgan fingerprint density at radius 3 is 2.29 bits per heavy atom. The molecular weight excluding hydrogens is 270 g/mol. The molecule has 0 aliphatic heterocycles. The van der Waals surface area contributed by atoms with Gasteiger partial charge in [0.25, 0.3) is 5.91 Å². The van der Waals surface area contributed by atoms with Crippen molar-refractivity contribution in [2.24, 2.45) is 7.05 Å². The molecule has 0 saturated heterocycles. The van der Waals surface area contributed by atoms with Crippen molar-refractivity contribution in [2.75, 3.05) is 0 Å². The molecule has 0 radical (unpaired) electrons. The Morgan fingerprint density at radius 2 is 1.81 bits per heavy atom. The highest BCUT2D eigenvalue weighted by Gasteiger charge is 2.15. The van der Waals surface area contributed by atoms with Crippen LogP contribution in [0.1, 0.15) is 44.9 Å². The molecule has 21 heavy (non-hydrogen) atoms. The zero-order chi connectivity index (χ0) is 15.6. The Labute approximate surface area is 122 Å². The second-order valence-electron chi connectivity index (χ2n) is 4.92. The van der Waals surface area contributed by atoms with Gasteiger partial charge in [0.2, 0.25) is 0 Å². The first-order chi connectivity index (χ1) is 9.88. The number of nitrogens with one attached hydrogen (secondary N) is 1. The molecule has 6 nitrogen and oxygen atoms in total. The van der Waals surface area contributed by atoms with Crippen LogP contribution < -0.4 is 5.32 Å². The van der Waals surface area contributed by atoms with Crippen LogP contribution >= 0.6 is 0 Å². The van der Waals surface area contributed by atoms with Crippen LogP contribution in [0, 0.1) is 6.92 Å². The molecule has 1 heterocycles. The van der Waals surface area contributed by atoms with E-state index in [1.807, 2.05) is 27.1 Å². The van der Waals surface area contributed by atoms with Crippen LogP contribution in [-0.2, 0) is 7.05 Å². The van der Waals surface area contributed by atoms with E-state index in [1.54, 1.807) is 4.68 Å². The van der Waals surface area contributed by atoms with Gasteiger partial charge in [0.05, 0.1) is 17.3 Å². The fraction of sp³-hybridized carbons (Fsp3) is 0.267. The Kier molecular flexibility index (Phi) is 4.07. The van der Waals surface area contributed by atoms with Crippen molar-refractivity contribution in [3.63, 3.8) is 0 Å². The molecule has 6 heteroatoms. The van der Waals surface area contributed by atoms with Crippen LogP contribution in [0.5, 0.6) is 0 Å². The number of hydrogen-bond donors (Lipinski definition) is 2. The minimum atomic E-state index is -1.01. The van der Waals surface area contributed by atoms with Gasteiger partial charge in [-0.25, -0.2) is 4.79 Å². The van der Waals surface area contributed by atoms with Crippen LogP contribution in [0.15, 0.2) is 30.5 Å². The standard InChI is InChI=1S/C15H17N3O3/c1-9(13-8-18(3)17-10(13)2)16-14(19)11-4-6-12(7-5-11)15(20)21/h4-9H,1-3H3,(H,16,19)(H,20,21). The molecule has 2 N–H and O–H groups in total. The van der Waals surface area contributed by atoms with Gasteiger partial charge in [0, 0.05) is 24.4 Å². The van der Waals surface area contributed by atoms with Crippen molar-refractivity contribution in [2.45, 2.75) is 19.9 Å². The minimum absolute atomic E-state index is 0.155. The van der Waals surface area contributed by atoms with Gasteiger partial charge < -0.3 is 10.4 Å². The van der Waals surface area contributed by atoms with Crippen LogP contribution in [0.3, 0.4) is 0 Å². The second kappa shape index (κ2) is 5.78. The van der Waals surface area contributed by atoms with Crippen molar-refractivity contribution in [1.82, 2.24) is 15.1 Å². The number of carboxylic acids is 1. The minimum Gasteiger partial charge on any atom is -0.478 e. The summed E-state index contributed by atoms with van der Waals surface area (Å²) in [6, 6.07) is 5.66. The van der Waals surface area contributed by atoms with E-state index in [4.69, 9.17) is 5.11 Å². The smallest absolute Gasteiger partial charge is 0.335 e. The van der Waals surface area contributed by atoms with Gasteiger partial charge in [-0.3, -0.25) is 9.48 Å². The molecule has 0 aliphatic carbocycles. The van der Waals surface area contributed by atoms with Crippen molar-refractivity contribution >= 4 is 11.9 Å². The molecule has 1 aromatic heterocycles. The quantitative estimate of drug-likeness (QED) is 0.899. The fourth-order valence-corrected chi connectivity index (χ4v) is 2.16. The predicted octanol–water partition coefficient (Wildman–Crippen LogP) is 1.92. The first kappa shape index (κ1) is 14.8. The summed E-state index contributed by atoms with van der Waals surface area (Å²) < 4.78 is 1.70. The lowest BCUT2D eigenvalue weighted by molar-refractivity contribution is 0.0696. The summed E-state index contributed by atoms with van der Waals surface area (Å²) in [6.07, 6.45) is 1.87. The van der Waals surface area contributed by atoms with Gasteiger partial charge in [-0.15, -0.1) is 0 Å². The summed E-state index contributed by atoms with van der Waals surface area (Å²) in [5, 5.41) is 16.0. The molecular formula is C15H17N3O3. The van der Waals surface area contributed by atoms with E-state index in [0.29, 0.717) is 5.56 Å². The van der Waals surface area contributed by atoms with E-state index in [1.165, 1.54) is 24.3 Å². The number of carbonyl (C=O) groups is 2. The predicted molar refractivity (Wildman–Crippen MR) is 77.2 cm³/mol. The summed E-state index contributed by atoms with van der Waals surface area (Å²) in [6.45, 7) is 3.77. The fourth-order valence-electron chi connectivity index (χ4n) is 2.16. The molecule has 1 amide bonds. The van der Waals surface area contributed by atoms with E-state index in [2.05, 4.69) is 10.4 Å². The molecule has 1 aromatic carbocycles. The number of carbonyl (C=O) groups excluding carboxylic acids is 1. The average Bonchev–Trinajstić information content (AvgIpc) is 2.77. The largest absolute Gasteiger partial charge is 0.478 e. The molecule has 1 unspecified atom stereocenters. The highest BCUT2D eigenvalue weighted by molar-refractivity contribution is 5.96. The molecule has 1 atom stereocenters. The Hall–Kier alpha value is -2.63. The molecule has 2 aromatic rings. The zero-order valence-electron chi connectivity index (χ0n) is 12.1. The second-order valence-corrected chi connectivity index (χ2v) is 4.92. The molecule has 110 valence electrons. The van der Waals surface area contributed by atoms with Crippen LogP contribution in [0.4, 0.5) is 0 Å². The third-order valence-corrected chi connectivity index (χ3v) is 3.26.